The van der Waals surface area contributed by atoms with Gasteiger partial charge in [0, 0.05) is 12.2 Å². The zero-order valence-electron chi connectivity index (χ0n) is 20.6. The number of thioether (sulfide) groups is 1. The molecule has 5 unspecified atom stereocenters. The van der Waals surface area contributed by atoms with Crippen molar-refractivity contribution in [2.24, 2.45) is 17.6 Å². The normalized spacial score (nSPS) is 24.9. The van der Waals surface area contributed by atoms with Crippen LogP contribution in [0.25, 0.3) is 0 Å². The van der Waals surface area contributed by atoms with Gasteiger partial charge in [-0.25, -0.2) is 0 Å². The van der Waals surface area contributed by atoms with Crippen molar-refractivity contribution < 1.29 is 38.9 Å². The number of esters is 1. The van der Waals surface area contributed by atoms with Crippen LogP contribution < -0.4 is 16.4 Å². The lowest BCUT2D eigenvalue weighted by atomic mass is 9.78. The van der Waals surface area contributed by atoms with Crippen LogP contribution in [0.1, 0.15) is 57.8 Å². The molecule has 1 heterocycles. The van der Waals surface area contributed by atoms with Crippen LogP contribution in [0, 0.1) is 11.8 Å². The number of hydrogen-bond acceptors (Lipinski definition) is 8. The maximum Gasteiger partial charge on any atom is 0.322 e. The highest BCUT2D eigenvalue weighted by Crippen LogP contribution is 2.45. The highest BCUT2D eigenvalue weighted by Gasteiger charge is 2.42. The second-order valence-corrected chi connectivity index (χ2v) is 10.8. The highest BCUT2D eigenvalue weighted by molar-refractivity contribution is 8.00. The van der Waals surface area contributed by atoms with E-state index in [0.29, 0.717) is 5.76 Å². The molecule has 1 aliphatic heterocycles. The molecule has 2 amide bonds. The standard InChI is InChI=1S/C25H35N3O8S/c26-16(24(33)34)10-11-19(29)28-17(23(32)27-12-20(30)31)13-37-18-9-4-2-1-3-6-14-7-5-8-15-21(14)22(18)36-25(15)35/h5,8,14-18H,1-4,6-7,9-13,26H2,(H,27,32)(H,28,29)(H,30,31)(H,33,34). The van der Waals surface area contributed by atoms with Crippen LogP contribution in [0.5, 0.6) is 0 Å². The summed E-state index contributed by atoms with van der Waals surface area (Å²) in [7, 11) is 0. The summed E-state index contributed by atoms with van der Waals surface area (Å²) in [5.41, 5.74) is 6.50. The summed E-state index contributed by atoms with van der Waals surface area (Å²) in [6, 6.07) is -2.27. The number of nitrogens with one attached hydrogen (secondary N) is 2. The quantitative estimate of drug-likeness (QED) is 0.190. The average molecular weight is 538 g/mol. The van der Waals surface area contributed by atoms with Crippen LogP contribution in [0.15, 0.2) is 23.5 Å². The van der Waals surface area contributed by atoms with E-state index < -0.39 is 42.4 Å². The minimum absolute atomic E-state index is 0.108. The van der Waals surface area contributed by atoms with Crippen LogP contribution >= 0.6 is 11.8 Å². The Balaban J connectivity index is 1.75. The summed E-state index contributed by atoms with van der Waals surface area (Å²) in [5.74, 6) is -3.31. The molecule has 0 radical (unpaired) electrons. The van der Waals surface area contributed by atoms with Gasteiger partial charge in [0.15, 0.2) is 0 Å². The largest absolute Gasteiger partial charge is 0.480 e. The van der Waals surface area contributed by atoms with E-state index in [4.69, 9.17) is 20.7 Å². The van der Waals surface area contributed by atoms with Crippen molar-refractivity contribution in [3.05, 3.63) is 23.5 Å². The lowest BCUT2D eigenvalue weighted by Crippen LogP contribution is -2.49. The SMILES string of the molecule is NC(CCC(=O)NC(CSC1CCCCCCC2CC=CC3C(=O)OC1=C23)C(=O)NCC(=O)O)C(=O)O. The Hall–Kier alpha value is -2.86. The van der Waals surface area contributed by atoms with Gasteiger partial charge in [0.1, 0.15) is 30.3 Å². The molecule has 3 aliphatic rings. The predicted octanol–water partition coefficient (Wildman–Crippen LogP) is 1.32. The number of carbonyl (C=O) groups is 5. The van der Waals surface area contributed by atoms with E-state index in [9.17, 15) is 24.0 Å². The van der Waals surface area contributed by atoms with Crippen molar-refractivity contribution in [1.82, 2.24) is 10.6 Å². The molecule has 0 saturated carbocycles. The van der Waals surface area contributed by atoms with E-state index in [-0.39, 0.29) is 41.6 Å². The molecule has 2 aliphatic carbocycles. The molecule has 204 valence electrons. The van der Waals surface area contributed by atoms with Crippen molar-refractivity contribution in [1.29, 1.82) is 0 Å². The van der Waals surface area contributed by atoms with E-state index in [2.05, 4.69) is 10.6 Å². The first kappa shape index (κ1) is 28.7. The number of carbonyl (C=O) groups excluding carboxylic acids is 3. The Bertz CT molecular complexity index is 966. The molecule has 37 heavy (non-hydrogen) atoms. The fraction of sp³-hybridized carbons (Fsp3) is 0.640. The summed E-state index contributed by atoms with van der Waals surface area (Å²) in [6.07, 6.45) is 10.4. The topological polar surface area (TPSA) is 185 Å². The molecule has 0 spiro atoms. The Labute approximate surface area is 219 Å². The molecule has 12 heteroatoms. The average Bonchev–Trinajstić information content (AvgIpc) is 3.20. The Morgan fingerprint density at radius 1 is 1.14 bits per heavy atom. The monoisotopic (exact) mass is 537 g/mol. The molecule has 11 nitrogen and oxygen atoms in total. The molecule has 6 N–H and O–H groups in total. The molecule has 5 atom stereocenters. The lowest BCUT2D eigenvalue weighted by Gasteiger charge is -2.27. The highest BCUT2D eigenvalue weighted by atomic mass is 32.2. The van der Waals surface area contributed by atoms with Gasteiger partial charge in [-0.05, 0) is 37.2 Å². The Kier molecular flexibility index (Phi) is 10.6. The fourth-order valence-corrected chi connectivity index (χ4v) is 6.23. The molecule has 0 aromatic heterocycles. The van der Waals surface area contributed by atoms with Gasteiger partial charge in [0.05, 0.1) is 5.25 Å². The maximum absolute atomic E-state index is 12.7. The minimum atomic E-state index is -1.23. The van der Waals surface area contributed by atoms with Gasteiger partial charge in [0.25, 0.3) is 0 Å². The minimum Gasteiger partial charge on any atom is -0.480 e. The van der Waals surface area contributed by atoms with Crippen LogP contribution in [-0.2, 0) is 28.7 Å². The number of carboxylic acid groups (broad SMARTS) is 2. The summed E-state index contributed by atoms with van der Waals surface area (Å²) in [4.78, 5) is 59.7. The lowest BCUT2D eigenvalue weighted by molar-refractivity contribution is -0.140. The van der Waals surface area contributed by atoms with Gasteiger partial charge in [0.2, 0.25) is 11.8 Å². The van der Waals surface area contributed by atoms with E-state index in [1.54, 1.807) is 0 Å². The molecule has 0 bridgehead atoms. The van der Waals surface area contributed by atoms with Gasteiger partial charge >= 0.3 is 17.9 Å². The van der Waals surface area contributed by atoms with Crippen LogP contribution in [0.2, 0.25) is 0 Å². The number of aliphatic carboxylic acids is 2. The van der Waals surface area contributed by atoms with E-state index in [1.165, 1.54) is 11.8 Å². The van der Waals surface area contributed by atoms with E-state index >= 15 is 0 Å². The molecule has 0 aromatic rings. The zero-order valence-corrected chi connectivity index (χ0v) is 21.5. The summed E-state index contributed by atoms with van der Waals surface area (Å²) in [5, 5.41) is 22.5. The first-order valence-electron chi connectivity index (χ1n) is 12.7. The molecular weight excluding hydrogens is 502 g/mol. The molecule has 0 aromatic carbocycles. The number of ether oxygens (including phenoxy) is 1. The molecule has 0 saturated heterocycles. The van der Waals surface area contributed by atoms with Crippen molar-refractivity contribution >= 4 is 41.5 Å². The van der Waals surface area contributed by atoms with Crippen LogP contribution in [0.4, 0.5) is 0 Å². The molecular formula is C25H35N3O8S. The molecule has 3 rings (SSSR count). The van der Waals surface area contributed by atoms with Crippen molar-refractivity contribution in [3.8, 4) is 0 Å². The van der Waals surface area contributed by atoms with E-state index in [1.807, 2.05) is 12.2 Å². The number of nitrogens with two attached hydrogens (primary N) is 1. The third-order valence-electron chi connectivity index (χ3n) is 6.86. The van der Waals surface area contributed by atoms with Crippen LogP contribution in [0.3, 0.4) is 0 Å². The van der Waals surface area contributed by atoms with E-state index in [0.717, 1.165) is 50.5 Å². The number of carboxylic acids is 2. The third-order valence-corrected chi connectivity index (χ3v) is 8.24. The molecule has 0 fully saturated rings. The van der Waals surface area contributed by atoms with Crippen LogP contribution in [-0.4, -0.2) is 69.6 Å². The summed E-state index contributed by atoms with van der Waals surface area (Å²) < 4.78 is 5.80. The summed E-state index contributed by atoms with van der Waals surface area (Å²) in [6.45, 7) is -0.605. The maximum atomic E-state index is 12.7. The van der Waals surface area contributed by atoms with Gasteiger partial charge in [-0.3, -0.25) is 24.0 Å². The number of rotatable bonds is 11. The Morgan fingerprint density at radius 3 is 2.57 bits per heavy atom. The zero-order chi connectivity index (χ0) is 26.9. The number of hydrogen-bond donors (Lipinski definition) is 5. The van der Waals surface area contributed by atoms with Gasteiger partial charge in [-0.15, -0.1) is 11.8 Å². The first-order valence-corrected chi connectivity index (χ1v) is 13.7. The number of amides is 2. The number of allylic oxidation sites excluding steroid dienone is 1. The third kappa shape index (κ3) is 8.06. The summed E-state index contributed by atoms with van der Waals surface area (Å²) >= 11 is 1.39. The second kappa shape index (κ2) is 13.6. The van der Waals surface area contributed by atoms with Crippen molar-refractivity contribution in [2.45, 2.75) is 75.1 Å². The predicted molar refractivity (Wildman–Crippen MR) is 135 cm³/mol. The first-order chi connectivity index (χ1) is 17.7. The fourth-order valence-electron chi connectivity index (χ4n) is 4.90. The van der Waals surface area contributed by atoms with Gasteiger partial charge in [-0.1, -0.05) is 37.8 Å². The van der Waals surface area contributed by atoms with Gasteiger partial charge < -0.3 is 31.3 Å². The second-order valence-electron chi connectivity index (χ2n) is 9.61. The van der Waals surface area contributed by atoms with Crippen molar-refractivity contribution in [3.63, 3.8) is 0 Å². The smallest absolute Gasteiger partial charge is 0.322 e. The Morgan fingerprint density at radius 2 is 1.86 bits per heavy atom. The van der Waals surface area contributed by atoms with Gasteiger partial charge in [-0.2, -0.15) is 0 Å². The van der Waals surface area contributed by atoms with Crippen molar-refractivity contribution in [2.75, 3.05) is 12.3 Å².